The summed E-state index contributed by atoms with van der Waals surface area (Å²) >= 11 is 0. The van der Waals surface area contributed by atoms with Crippen molar-refractivity contribution in [2.45, 2.75) is 19.3 Å². The summed E-state index contributed by atoms with van der Waals surface area (Å²) < 4.78 is 49.0. The summed E-state index contributed by atoms with van der Waals surface area (Å²) in [4.78, 5) is 4.09. The van der Waals surface area contributed by atoms with E-state index in [1.807, 2.05) is 12.1 Å². The zero-order valence-corrected chi connectivity index (χ0v) is 18.1. The fourth-order valence-corrected chi connectivity index (χ4v) is 2.54. The molecule has 0 aliphatic rings. The molecule has 0 atom stereocenters. The number of hydrogen-bond acceptors (Lipinski definition) is 3. The Balaban J connectivity index is 0.00000392. The lowest BCUT2D eigenvalue weighted by Gasteiger charge is -2.16. The van der Waals surface area contributed by atoms with Crippen LogP contribution in [0, 0.1) is 0 Å². The Morgan fingerprint density at radius 2 is 1.68 bits per heavy atom. The fraction of sp³-hybridized carbons (Fsp3) is 0.316. The van der Waals surface area contributed by atoms with Crippen LogP contribution in [0.15, 0.2) is 47.5 Å². The number of alkyl halides is 3. The van der Waals surface area contributed by atoms with E-state index in [4.69, 9.17) is 9.47 Å². The second-order valence-corrected chi connectivity index (χ2v) is 5.63. The minimum Gasteiger partial charge on any atom is -0.493 e. The number of para-hydroxylation sites is 1. The second-order valence-electron chi connectivity index (χ2n) is 5.63. The molecule has 0 bridgehead atoms. The minimum atomic E-state index is -4.36. The SMILES string of the molecule is CN=C(NCc1cccc(C(F)(F)F)c1)NCc1cccc(OC)c1OC.I. The van der Waals surface area contributed by atoms with Gasteiger partial charge < -0.3 is 20.1 Å². The molecule has 9 heteroatoms. The van der Waals surface area contributed by atoms with E-state index in [0.29, 0.717) is 29.6 Å². The first kappa shape index (κ1) is 23.9. The highest BCUT2D eigenvalue weighted by Crippen LogP contribution is 2.31. The van der Waals surface area contributed by atoms with E-state index in [0.717, 1.165) is 17.7 Å². The van der Waals surface area contributed by atoms with Gasteiger partial charge in [0.15, 0.2) is 17.5 Å². The average molecular weight is 509 g/mol. The molecule has 0 unspecified atom stereocenters. The minimum absolute atomic E-state index is 0. The Kier molecular flexibility index (Phi) is 9.36. The molecule has 0 saturated heterocycles. The number of methoxy groups -OCH3 is 2. The molecular formula is C19H23F3IN3O2. The van der Waals surface area contributed by atoms with Crippen molar-refractivity contribution in [1.29, 1.82) is 0 Å². The maximum absolute atomic E-state index is 12.8. The molecule has 0 saturated carbocycles. The molecular weight excluding hydrogens is 486 g/mol. The first-order valence-corrected chi connectivity index (χ1v) is 8.19. The molecule has 2 rings (SSSR count). The van der Waals surface area contributed by atoms with Crippen LogP contribution in [-0.4, -0.2) is 27.2 Å². The average Bonchev–Trinajstić information content (AvgIpc) is 2.67. The third kappa shape index (κ3) is 6.47. The number of guanidine groups is 1. The zero-order valence-electron chi connectivity index (χ0n) is 15.8. The third-order valence-corrected chi connectivity index (χ3v) is 3.87. The van der Waals surface area contributed by atoms with Crippen molar-refractivity contribution in [1.82, 2.24) is 10.6 Å². The van der Waals surface area contributed by atoms with Crippen molar-refractivity contribution in [3.8, 4) is 11.5 Å². The maximum Gasteiger partial charge on any atom is 0.416 e. The number of nitrogens with zero attached hydrogens (tertiary/aromatic N) is 1. The van der Waals surface area contributed by atoms with Crippen molar-refractivity contribution in [2.24, 2.45) is 4.99 Å². The van der Waals surface area contributed by atoms with E-state index in [9.17, 15) is 13.2 Å². The Labute approximate surface area is 179 Å². The quantitative estimate of drug-likeness (QED) is 0.348. The molecule has 0 spiro atoms. The number of aliphatic imine (C=N–C) groups is 1. The topological polar surface area (TPSA) is 54.9 Å². The fourth-order valence-electron chi connectivity index (χ4n) is 2.54. The van der Waals surface area contributed by atoms with Crippen LogP contribution in [0.2, 0.25) is 0 Å². The van der Waals surface area contributed by atoms with Crippen LogP contribution in [0.5, 0.6) is 11.5 Å². The van der Waals surface area contributed by atoms with Gasteiger partial charge in [0.25, 0.3) is 0 Å². The molecule has 2 aromatic carbocycles. The van der Waals surface area contributed by atoms with Crippen molar-refractivity contribution in [2.75, 3.05) is 21.3 Å². The molecule has 2 aromatic rings. The molecule has 0 aliphatic carbocycles. The standard InChI is InChI=1S/C19H22F3N3O2.HI/c1-23-18(24-11-13-6-4-8-15(10-13)19(20,21)22)25-12-14-7-5-9-16(26-2)17(14)27-3;/h4-10H,11-12H2,1-3H3,(H2,23,24,25);1H. The number of ether oxygens (including phenoxy) is 2. The van der Waals surface area contributed by atoms with Gasteiger partial charge in [0.05, 0.1) is 19.8 Å². The van der Waals surface area contributed by atoms with Gasteiger partial charge in [-0.3, -0.25) is 4.99 Å². The van der Waals surface area contributed by atoms with Crippen LogP contribution in [0.4, 0.5) is 13.2 Å². The first-order chi connectivity index (χ1) is 12.9. The summed E-state index contributed by atoms with van der Waals surface area (Å²) in [5.74, 6) is 1.68. The maximum atomic E-state index is 12.8. The Morgan fingerprint density at radius 3 is 2.29 bits per heavy atom. The highest BCUT2D eigenvalue weighted by Gasteiger charge is 2.30. The normalized spacial score (nSPS) is 11.4. The predicted molar refractivity (Wildman–Crippen MR) is 113 cm³/mol. The number of hydrogen-bond donors (Lipinski definition) is 2. The largest absolute Gasteiger partial charge is 0.493 e. The molecule has 0 heterocycles. The summed E-state index contributed by atoms with van der Waals surface area (Å²) in [5, 5.41) is 6.11. The van der Waals surface area contributed by atoms with Gasteiger partial charge in [-0.05, 0) is 23.8 Å². The monoisotopic (exact) mass is 509 g/mol. The van der Waals surface area contributed by atoms with E-state index >= 15 is 0 Å². The van der Waals surface area contributed by atoms with E-state index in [1.54, 1.807) is 33.4 Å². The summed E-state index contributed by atoms with van der Waals surface area (Å²) in [7, 11) is 4.71. The second kappa shape index (κ2) is 11.0. The zero-order chi connectivity index (χ0) is 19.9. The number of benzene rings is 2. The molecule has 0 radical (unpaired) electrons. The number of rotatable bonds is 6. The molecule has 154 valence electrons. The predicted octanol–water partition coefficient (Wildman–Crippen LogP) is 4.21. The lowest BCUT2D eigenvalue weighted by Crippen LogP contribution is -2.36. The molecule has 2 N–H and O–H groups in total. The summed E-state index contributed by atoms with van der Waals surface area (Å²) in [6.45, 7) is 0.613. The molecule has 0 aliphatic heterocycles. The van der Waals surface area contributed by atoms with Gasteiger partial charge in [-0.15, -0.1) is 24.0 Å². The summed E-state index contributed by atoms with van der Waals surface area (Å²) in [6.07, 6.45) is -4.36. The number of nitrogens with one attached hydrogen (secondary N) is 2. The summed E-state index contributed by atoms with van der Waals surface area (Å²) in [6, 6.07) is 10.7. The lowest BCUT2D eigenvalue weighted by atomic mass is 10.1. The molecule has 0 amide bonds. The molecule has 5 nitrogen and oxygen atoms in total. The van der Waals surface area contributed by atoms with Crippen molar-refractivity contribution in [3.63, 3.8) is 0 Å². The van der Waals surface area contributed by atoms with Crippen molar-refractivity contribution >= 4 is 29.9 Å². The van der Waals surface area contributed by atoms with Gasteiger partial charge in [-0.2, -0.15) is 13.2 Å². The van der Waals surface area contributed by atoms with Crippen LogP contribution in [0.1, 0.15) is 16.7 Å². The smallest absolute Gasteiger partial charge is 0.416 e. The van der Waals surface area contributed by atoms with Gasteiger partial charge in [-0.1, -0.05) is 24.3 Å². The van der Waals surface area contributed by atoms with Gasteiger partial charge in [0, 0.05) is 25.7 Å². The molecule has 0 aromatic heterocycles. The Bertz CT molecular complexity index is 798. The van der Waals surface area contributed by atoms with E-state index in [-0.39, 0.29) is 30.5 Å². The van der Waals surface area contributed by atoms with Crippen molar-refractivity contribution in [3.05, 3.63) is 59.2 Å². The lowest BCUT2D eigenvalue weighted by molar-refractivity contribution is -0.137. The van der Waals surface area contributed by atoms with Gasteiger partial charge in [0.2, 0.25) is 0 Å². The Hall–Kier alpha value is -2.17. The Morgan fingerprint density at radius 1 is 1.00 bits per heavy atom. The van der Waals surface area contributed by atoms with Gasteiger partial charge in [-0.25, -0.2) is 0 Å². The van der Waals surface area contributed by atoms with Crippen LogP contribution in [-0.2, 0) is 19.3 Å². The van der Waals surface area contributed by atoms with Gasteiger partial charge >= 0.3 is 6.18 Å². The van der Waals surface area contributed by atoms with Crippen LogP contribution in [0.25, 0.3) is 0 Å². The van der Waals surface area contributed by atoms with E-state index in [2.05, 4.69) is 15.6 Å². The van der Waals surface area contributed by atoms with E-state index in [1.165, 1.54) is 6.07 Å². The number of halogens is 4. The first-order valence-electron chi connectivity index (χ1n) is 8.19. The highest BCUT2D eigenvalue weighted by molar-refractivity contribution is 14.0. The van der Waals surface area contributed by atoms with Crippen LogP contribution < -0.4 is 20.1 Å². The summed E-state index contributed by atoms with van der Waals surface area (Å²) in [5.41, 5.74) is 0.691. The molecule has 0 fully saturated rings. The van der Waals surface area contributed by atoms with E-state index < -0.39 is 11.7 Å². The van der Waals surface area contributed by atoms with Crippen LogP contribution >= 0.6 is 24.0 Å². The van der Waals surface area contributed by atoms with Gasteiger partial charge in [0.1, 0.15) is 0 Å². The highest BCUT2D eigenvalue weighted by atomic mass is 127. The van der Waals surface area contributed by atoms with Crippen LogP contribution in [0.3, 0.4) is 0 Å². The molecule has 28 heavy (non-hydrogen) atoms. The van der Waals surface area contributed by atoms with Crippen molar-refractivity contribution < 1.29 is 22.6 Å². The third-order valence-electron chi connectivity index (χ3n) is 3.87.